The summed E-state index contributed by atoms with van der Waals surface area (Å²) in [7, 11) is 0. The van der Waals surface area contributed by atoms with E-state index in [9.17, 15) is 4.79 Å². The Hall–Kier alpha value is -1.94. The van der Waals surface area contributed by atoms with Gasteiger partial charge in [-0.2, -0.15) is 0 Å². The van der Waals surface area contributed by atoms with Crippen molar-refractivity contribution in [3.8, 4) is 0 Å². The maximum absolute atomic E-state index is 12.1. The maximum atomic E-state index is 12.1. The first-order valence-electron chi connectivity index (χ1n) is 8.75. The van der Waals surface area contributed by atoms with Crippen molar-refractivity contribution in [3.05, 3.63) is 52.2 Å². The molecule has 0 fully saturated rings. The first-order valence-corrected chi connectivity index (χ1v) is 9.63. The average molecular weight is 343 g/mol. The number of benzene rings is 1. The summed E-state index contributed by atoms with van der Waals surface area (Å²) in [5.74, 6) is -0.00246. The van der Waals surface area contributed by atoms with Crippen LogP contribution in [0, 0.1) is 0 Å². The summed E-state index contributed by atoms with van der Waals surface area (Å²) in [6.45, 7) is 2.97. The molecular formula is C20H26N2OS. The molecule has 3 nitrogen and oxygen atoms in total. The molecule has 0 bridgehead atoms. The molecule has 1 N–H and O–H groups in total. The van der Waals surface area contributed by atoms with Crippen LogP contribution in [0.1, 0.15) is 60.7 Å². The second-order valence-electron chi connectivity index (χ2n) is 5.84. The van der Waals surface area contributed by atoms with Crippen LogP contribution < -0.4 is 5.32 Å². The minimum atomic E-state index is -0.00246. The van der Waals surface area contributed by atoms with Gasteiger partial charge in [-0.15, -0.1) is 11.3 Å². The Morgan fingerprint density at radius 1 is 1.08 bits per heavy atom. The van der Waals surface area contributed by atoms with Gasteiger partial charge in [0.05, 0.1) is 5.69 Å². The number of rotatable bonds is 10. The molecule has 0 radical (unpaired) electrons. The van der Waals surface area contributed by atoms with Crippen LogP contribution in [-0.4, -0.2) is 18.7 Å². The van der Waals surface area contributed by atoms with Crippen LogP contribution in [-0.2, 0) is 0 Å². The second-order valence-corrected chi connectivity index (χ2v) is 6.82. The van der Waals surface area contributed by atoms with E-state index in [0.29, 0.717) is 5.56 Å². The Morgan fingerprint density at radius 2 is 1.83 bits per heavy atom. The smallest absolute Gasteiger partial charge is 0.251 e. The summed E-state index contributed by atoms with van der Waals surface area (Å²) >= 11 is 1.65. The first-order chi connectivity index (χ1) is 11.8. The van der Waals surface area contributed by atoms with Gasteiger partial charge in [-0.3, -0.25) is 9.79 Å². The van der Waals surface area contributed by atoms with Crippen molar-refractivity contribution < 1.29 is 4.79 Å². The minimum Gasteiger partial charge on any atom is -0.352 e. The summed E-state index contributed by atoms with van der Waals surface area (Å²) < 4.78 is 0. The molecule has 2 aromatic rings. The van der Waals surface area contributed by atoms with Crippen molar-refractivity contribution in [1.29, 1.82) is 0 Å². The van der Waals surface area contributed by atoms with Gasteiger partial charge < -0.3 is 5.32 Å². The molecule has 0 saturated carbocycles. The van der Waals surface area contributed by atoms with Crippen LogP contribution in [0.5, 0.6) is 0 Å². The van der Waals surface area contributed by atoms with Crippen LogP contribution in [0.3, 0.4) is 0 Å². The molecule has 0 saturated heterocycles. The number of unbranched alkanes of at least 4 members (excludes halogenated alkanes) is 5. The number of thiophene rings is 1. The van der Waals surface area contributed by atoms with Crippen molar-refractivity contribution >= 4 is 29.1 Å². The molecule has 0 spiro atoms. The lowest BCUT2D eigenvalue weighted by atomic mass is 10.1. The molecule has 128 valence electrons. The highest BCUT2D eigenvalue weighted by molar-refractivity contribution is 7.11. The Morgan fingerprint density at radius 3 is 2.54 bits per heavy atom. The van der Waals surface area contributed by atoms with Gasteiger partial charge in [0.1, 0.15) is 0 Å². The lowest BCUT2D eigenvalue weighted by Gasteiger charge is -2.05. The van der Waals surface area contributed by atoms with Gasteiger partial charge in [0, 0.05) is 23.2 Å². The highest BCUT2D eigenvalue weighted by Gasteiger charge is 2.04. The minimum absolute atomic E-state index is 0.00246. The monoisotopic (exact) mass is 342 g/mol. The summed E-state index contributed by atoms with van der Waals surface area (Å²) in [6.07, 6.45) is 9.24. The molecule has 1 aromatic heterocycles. The molecule has 0 aliphatic carbocycles. The standard InChI is InChI=1S/C20H26N2OS/c1-2-3-4-5-6-7-14-21-20(23)17-10-12-18(13-11-17)22-16-19-9-8-15-24-19/h8-13,15-16H,2-7,14H2,1H3,(H,21,23). The van der Waals surface area contributed by atoms with E-state index >= 15 is 0 Å². The molecule has 4 heteroatoms. The highest BCUT2D eigenvalue weighted by Crippen LogP contribution is 2.14. The van der Waals surface area contributed by atoms with Crippen LogP contribution in [0.2, 0.25) is 0 Å². The Kier molecular flexibility index (Phi) is 8.25. The normalized spacial score (nSPS) is 11.0. The van der Waals surface area contributed by atoms with E-state index in [4.69, 9.17) is 0 Å². The van der Waals surface area contributed by atoms with Crippen molar-refractivity contribution in [3.63, 3.8) is 0 Å². The van der Waals surface area contributed by atoms with Crippen LogP contribution in [0.25, 0.3) is 0 Å². The summed E-state index contributed by atoms with van der Waals surface area (Å²) in [4.78, 5) is 17.6. The lowest BCUT2D eigenvalue weighted by Crippen LogP contribution is -2.24. The SMILES string of the molecule is CCCCCCCCNC(=O)c1ccc(N=Cc2cccs2)cc1. The van der Waals surface area contributed by atoms with E-state index < -0.39 is 0 Å². The molecule has 0 atom stereocenters. The third-order valence-corrected chi connectivity index (χ3v) is 4.64. The fraction of sp³-hybridized carbons (Fsp3) is 0.400. The zero-order valence-corrected chi connectivity index (χ0v) is 15.1. The molecule has 1 amide bonds. The number of aliphatic imine (C=N–C) groups is 1. The highest BCUT2D eigenvalue weighted by atomic mass is 32.1. The summed E-state index contributed by atoms with van der Waals surface area (Å²) in [6, 6.07) is 11.4. The fourth-order valence-electron chi connectivity index (χ4n) is 2.41. The number of nitrogens with zero attached hydrogens (tertiary/aromatic N) is 1. The average Bonchev–Trinajstić information content (AvgIpc) is 3.13. The number of nitrogens with one attached hydrogen (secondary N) is 1. The molecule has 1 heterocycles. The topological polar surface area (TPSA) is 41.5 Å². The van der Waals surface area contributed by atoms with Crippen LogP contribution in [0.15, 0.2) is 46.8 Å². The van der Waals surface area contributed by atoms with Gasteiger partial charge in [0.15, 0.2) is 0 Å². The summed E-state index contributed by atoms with van der Waals surface area (Å²) in [5, 5.41) is 5.01. The van der Waals surface area contributed by atoms with Crippen LogP contribution in [0.4, 0.5) is 5.69 Å². The predicted octanol–water partition coefficient (Wildman–Crippen LogP) is 5.59. The quantitative estimate of drug-likeness (QED) is 0.444. The van der Waals surface area contributed by atoms with Crippen molar-refractivity contribution in [1.82, 2.24) is 5.32 Å². The molecule has 0 aliphatic rings. The van der Waals surface area contributed by atoms with Gasteiger partial charge in [-0.1, -0.05) is 45.1 Å². The molecule has 2 rings (SSSR count). The molecule has 24 heavy (non-hydrogen) atoms. The van der Waals surface area contributed by atoms with Crippen LogP contribution >= 0.6 is 11.3 Å². The molecule has 0 unspecified atom stereocenters. The van der Waals surface area contributed by atoms with E-state index in [0.717, 1.165) is 23.5 Å². The molecule has 1 aromatic carbocycles. The van der Waals surface area contributed by atoms with Crippen molar-refractivity contribution in [2.75, 3.05) is 6.54 Å². The van der Waals surface area contributed by atoms with E-state index in [1.54, 1.807) is 11.3 Å². The van der Waals surface area contributed by atoms with Crippen molar-refractivity contribution in [2.24, 2.45) is 4.99 Å². The number of amides is 1. The Bertz CT molecular complexity index is 618. The van der Waals surface area contributed by atoms with Gasteiger partial charge in [0.25, 0.3) is 5.91 Å². The summed E-state index contributed by atoms with van der Waals surface area (Å²) in [5.41, 5.74) is 1.55. The fourth-order valence-corrected chi connectivity index (χ4v) is 3.00. The third kappa shape index (κ3) is 6.67. The van der Waals surface area contributed by atoms with Gasteiger partial charge in [-0.05, 0) is 42.1 Å². The van der Waals surface area contributed by atoms with E-state index in [1.807, 2.05) is 48.0 Å². The second kappa shape index (κ2) is 10.8. The number of hydrogen-bond donors (Lipinski definition) is 1. The maximum Gasteiger partial charge on any atom is 0.251 e. The predicted molar refractivity (Wildman–Crippen MR) is 104 cm³/mol. The molecule has 0 aliphatic heterocycles. The third-order valence-electron chi connectivity index (χ3n) is 3.83. The Labute approximate surface area is 148 Å². The van der Waals surface area contributed by atoms with Crippen molar-refractivity contribution in [2.45, 2.75) is 45.4 Å². The Balaban J connectivity index is 1.71. The first kappa shape index (κ1) is 18.4. The van der Waals surface area contributed by atoms with E-state index in [-0.39, 0.29) is 5.91 Å². The van der Waals surface area contributed by atoms with Gasteiger partial charge in [-0.25, -0.2) is 0 Å². The van der Waals surface area contributed by atoms with E-state index in [2.05, 4.69) is 17.2 Å². The number of carbonyl (C=O) groups excluding carboxylic acids is 1. The zero-order valence-electron chi connectivity index (χ0n) is 14.3. The van der Waals surface area contributed by atoms with Gasteiger partial charge in [0.2, 0.25) is 0 Å². The van der Waals surface area contributed by atoms with Gasteiger partial charge >= 0.3 is 0 Å². The van der Waals surface area contributed by atoms with E-state index in [1.165, 1.54) is 32.1 Å². The largest absolute Gasteiger partial charge is 0.352 e. The molecular weight excluding hydrogens is 316 g/mol. The number of hydrogen-bond acceptors (Lipinski definition) is 3. The lowest BCUT2D eigenvalue weighted by molar-refractivity contribution is 0.0953. The number of carbonyl (C=O) groups is 1. The zero-order chi connectivity index (χ0) is 17.0.